The number of aromatic nitrogens is 3. The Balaban J connectivity index is 2.85. The molecule has 1 rings (SSSR count). The summed E-state index contributed by atoms with van der Waals surface area (Å²) >= 11 is 1.18. The zero-order valence-electron chi connectivity index (χ0n) is 8.30. The second kappa shape index (κ2) is 4.26. The third-order valence-electron chi connectivity index (χ3n) is 1.54. The third kappa shape index (κ3) is 2.98. The summed E-state index contributed by atoms with van der Waals surface area (Å²) in [5.41, 5.74) is 0.872. The van der Waals surface area contributed by atoms with Gasteiger partial charge in [-0.15, -0.1) is 10.2 Å². The third-order valence-corrected chi connectivity index (χ3v) is 2.79. The first-order valence-electron chi connectivity index (χ1n) is 4.06. The summed E-state index contributed by atoms with van der Waals surface area (Å²) in [6, 6.07) is 0. The van der Waals surface area contributed by atoms with Crippen molar-refractivity contribution in [3.63, 3.8) is 0 Å². The van der Waals surface area contributed by atoms with Gasteiger partial charge in [0.25, 0.3) is 0 Å². The van der Waals surface area contributed by atoms with E-state index >= 15 is 0 Å². The molecule has 0 N–H and O–H groups in total. The van der Waals surface area contributed by atoms with E-state index in [1.807, 2.05) is 0 Å². The molecule has 0 aliphatic heterocycles. The second-order valence-corrected chi connectivity index (χ2v) is 4.05. The Morgan fingerprint density at radius 1 is 1.47 bits per heavy atom. The number of rotatable bonds is 3. The minimum absolute atomic E-state index is 0.241. The molecular weight excluding hydrogens is 227 g/mol. The maximum atomic E-state index is 12.3. The molecule has 0 aromatic carbocycles. The lowest BCUT2D eigenvalue weighted by Crippen LogP contribution is -2.13. The normalized spacial score (nSPS) is 11.8. The number of halogens is 3. The molecule has 0 amide bonds. The number of nitrogens with zero attached hydrogens (tertiary/aromatic N) is 3. The summed E-state index contributed by atoms with van der Waals surface area (Å²) in [4.78, 5) is 0. The smallest absolute Gasteiger partial charge is 0.302 e. The van der Waals surface area contributed by atoms with Gasteiger partial charge in [0.1, 0.15) is 0 Å². The summed E-state index contributed by atoms with van der Waals surface area (Å²) in [5, 5.41) is 6.81. The van der Waals surface area contributed by atoms with Gasteiger partial charge in [-0.3, -0.25) is 0 Å². The van der Waals surface area contributed by atoms with Gasteiger partial charge in [-0.25, -0.2) is 0 Å². The van der Waals surface area contributed by atoms with E-state index in [0.717, 1.165) is 10.1 Å². The molecule has 0 saturated carbocycles. The molecule has 0 aliphatic rings. The molecule has 84 valence electrons. The SMILES string of the molecule is C=C(C)CSc1nnc(C(F)(F)F)n1C. The molecule has 0 unspecified atom stereocenters. The van der Waals surface area contributed by atoms with Crippen LogP contribution in [0.2, 0.25) is 0 Å². The quantitative estimate of drug-likeness (QED) is 0.597. The predicted octanol–water partition coefficient (Wildman–Crippen LogP) is 2.50. The number of hydrogen-bond acceptors (Lipinski definition) is 3. The Kier molecular flexibility index (Phi) is 3.43. The first-order valence-corrected chi connectivity index (χ1v) is 5.04. The van der Waals surface area contributed by atoms with E-state index in [2.05, 4.69) is 16.8 Å². The van der Waals surface area contributed by atoms with Crippen molar-refractivity contribution in [2.75, 3.05) is 5.75 Å². The van der Waals surface area contributed by atoms with Crippen LogP contribution in [0, 0.1) is 0 Å². The average Bonchev–Trinajstić information content (AvgIpc) is 2.42. The van der Waals surface area contributed by atoms with Crippen LogP contribution in [0.15, 0.2) is 17.3 Å². The Hall–Kier alpha value is -0.980. The maximum absolute atomic E-state index is 12.3. The highest BCUT2D eigenvalue weighted by molar-refractivity contribution is 7.99. The van der Waals surface area contributed by atoms with Gasteiger partial charge in [-0.2, -0.15) is 13.2 Å². The lowest BCUT2D eigenvalue weighted by Gasteiger charge is -2.05. The standard InChI is InChI=1S/C8H10F3N3S/c1-5(2)4-15-7-13-12-6(14(7)3)8(9,10)11/h1,4H2,2-3H3. The van der Waals surface area contributed by atoms with E-state index in [1.54, 1.807) is 6.92 Å². The molecule has 7 heteroatoms. The summed E-state index contributed by atoms with van der Waals surface area (Å²) in [7, 11) is 1.30. The Morgan fingerprint density at radius 2 is 2.07 bits per heavy atom. The summed E-state index contributed by atoms with van der Waals surface area (Å²) in [5.74, 6) is -0.448. The molecule has 1 aromatic rings. The van der Waals surface area contributed by atoms with E-state index in [-0.39, 0.29) is 5.16 Å². The molecule has 1 heterocycles. The summed E-state index contributed by atoms with van der Waals surface area (Å²) in [6.07, 6.45) is -4.45. The van der Waals surface area contributed by atoms with Crippen molar-refractivity contribution in [2.45, 2.75) is 18.3 Å². The van der Waals surface area contributed by atoms with Crippen molar-refractivity contribution >= 4 is 11.8 Å². The molecule has 0 atom stereocenters. The molecule has 3 nitrogen and oxygen atoms in total. The van der Waals surface area contributed by atoms with Crippen molar-refractivity contribution in [3.8, 4) is 0 Å². The first-order chi connectivity index (χ1) is 6.82. The zero-order valence-corrected chi connectivity index (χ0v) is 9.11. The van der Waals surface area contributed by atoms with Crippen LogP contribution in [0.5, 0.6) is 0 Å². The van der Waals surface area contributed by atoms with E-state index in [1.165, 1.54) is 18.8 Å². The van der Waals surface area contributed by atoms with Crippen LogP contribution in [0.25, 0.3) is 0 Å². The zero-order chi connectivity index (χ0) is 11.6. The van der Waals surface area contributed by atoms with Gasteiger partial charge in [0.05, 0.1) is 0 Å². The van der Waals surface area contributed by atoms with Crippen molar-refractivity contribution < 1.29 is 13.2 Å². The van der Waals surface area contributed by atoms with Gasteiger partial charge in [-0.1, -0.05) is 23.9 Å². The van der Waals surface area contributed by atoms with Crippen LogP contribution in [0.3, 0.4) is 0 Å². The maximum Gasteiger partial charge on any atom is 0.451 e. The predicted molar refractivity (Wildman–Crippen MR) is 51.5 cm³/mol. The highest BCUT2D eigenvalue weighted by atomic mass is 32.2. The molecule has 15 heavy (non-hydrogen) atoms. The van der Waals surface area contributed by atoms with Crippen molar-refractivity contribution in [1.29, 1.82) is 0 Å². The first kappa shape index (κ1) is 12.1. The fourth-order valence-corrected chi connectivity index (χ4v) is 1.63. The molecular formula is C8H10F3N3S. The van der Waals surface area contributed by atoms with Crippen molar-refractivity contribution in [2.24, 2.45) is 7.05 Å². The van der Waals surface area contributed by atoms with E-state index in [0.29, 0.717) is 5.75 Å². The highest BCUT2D eigenvalue weighted by Crippen LogP contribution is 2.29. The van der Waals surface area contributed by atoms with Gasteiger partial charge in [0, 0.05) is 12.8 Å². The lowest BCUT2D eigenvalue weighted by atomic mass is 10.4. The fourth-order valence-electron chi connectivity index (χ4n) is 0.875. The lowest BCUT2D eigenvalue weighted by molar-refractivity contribution is -0.147. The average molecular weight is 237 g/mol. The highest BCUT2D eigenvalue weighted by Gasteiger charge is 2.37. The largest absolute Gasteiger partial charge is 0.451 e. The van der Waals surface area contributed by atoms with Gasteiger partial charge in [0.15, 0.2) is 5.16 Å². The van der Waals surface area contributed by atoms with Crippen LogP contribution in [-0.2, 0) is 13.2 Å². The Bertz CT molecular complexity index is 370. The van der Waals surface area contributed by atoms with Crippen molar-refractivity contribution in [1.82, 2.24) is 14.8 Å². The van der Waals surface area contributed by atoms with Crippen LogP contribution >= 0.6 is 11.8 Å². The summed E-state index contributed by atoms with van der Waals surface area (Å²) in [6.45, 7) is 5.45. The molecule has 0 fully saturated rings. The molecule has 0 bridgehead atoms. The van der Waals surface area contributed by atoms with E-state index in [9.17, 15) is 13.2 Å². The van der Waals surface area contributed by atoms with Gasteiger partial charge in [0.2, 0.25) is 5.82 Å². The molecule has 0 radical (unpaired) electrons. The molecule has 1 aromatic heterocycles. The minimum Gasteiger partial charge on any atom is -0.302 e. The van der Waals surface area contributed by atoms with Crippen LogP contribution in [0.4, 0.5) is 13.2 Å². The molecule has 0 aliphatic carbocycles. The molecule has 0 saturated heterocycles. The van der Waals surface area contributed by atoms with Crippen LogP contribution < -0.4 is 0 Å². The monoisotopic (exact) mass is 237 g/mol. The van der Waals surface area contributed by atoms with E-state index < -0.39 is 12.0 Å². The second-order valence-electron chi connectivity index (χ2n) is 3.11. The van der Waals surface area contributed by atoms with Gasteiger partial charge >= 0.3 is 6.18 Å². The van der Waals surface area contributed by atoms with Crippen LogP contribution in [-0.4, -0.2) is 20.5 Å². The Morgan fingerprint density at radius 3 is 2.47 bits per heavy atom. The fraction of sp³-hybridized carbons (Fsp3) is 0.500. The number of thioether (sulfide) groups is 1. The van der Waals surface area contributed by atoms with E-state index in [4.69, 9.17) is 0 Å². The van der Waals surface area contributed by atoms with Gasteiger partial charge < -0.3 is 4.57 Å². The Labute approximate surface area is 89.4 Å². The van der Waals surface area contributed by atoms with Gasteiger partial charge in [-0.05, 0) is 6.92 Å². The summed E-state index contributed by atoms with van der Waals surface area (Å²) < 4.78 is 37.9. The minimum atomic E-state index is -4.45. The number of alkyl halides is 3. The molecule has 0 spiro atoms. The van der Waals surface area contributed by atoms with Crippen molar-refractivity contribution in [3.05, 3.63) is 18.0 Å². The number of hydrogen-bond donors (Lipinski definition) is 0. The van der Waals surface area contributed by atoms with Crippen LogP contribution in [0.1, 0.15) is 12.7 Å². The topological polar surface area (TPSA) is 30.7 Å².